The van der Waals surface area contributed by atoms with Crippen molar-refractivity contribution in [3.8, 4) is 11.3 Å². The summed E-state index contributed by atoms with van der Waals surface area (Å²) >= 11 is 0. The van der Waals surface area contributed by atoms with Gasteiger partial charge in [-0.25, -0.2) is 9.97 Å². The van der Waals surface area contributed by atoms with Gasteiger partial charge in [0.15, 0.2) is 17.3 Å². The van der Waals surface area contributed by atoms with Crippen molar-refractivity contribution in [1.82, 2.24) is 24.6 Å². The first-order chi connectivity index (χ1) is 13.3. The summed E-state index contributed by atoms with van der Waals surface area (Å²) in [7, 11) is 0. The molecule has 0 atom stereocenters. The summed E-state index contributed by atoms with van der Waals surface area (Å²) in [6, 6.07) is 8.42. The van der Waals surface area contributed by atoms with Crippen molar-refractivity contribution in [3.05, 3.63) is 59.7 Å². The number of H-pyrrole nitrogens is 1. The van der Waals surface area contributed by atoms with Gasteiger partial charge in [0.25, 0.3) is 0 Å². The number of nitrogens with one attached hydrogen (secondary N) is 2. The lowest BCUT2D eigenvalue weighted by Gasteiger charge is -2.09. The topological polar surface area (TPSA) is 83.3 Å². The lowest BCUT2D eigenvalue weighted by atomic mass is 10.0. The van der Waals surface area contributed by atoms with Crippen LogP contribution in [0.15, 0.2) is 47.8 Å². The molecule has 1 aliphatic carbocycles. The number of aromatic nitrogens is 5. The summed E-state index contributed by atoms with van der Waals surface area (Å²) in [4.78, 5) is 13.6. The minimum atomic E-state index is 0.632. The maximum Gasteiger partial charge on any atom is 0.180 e. The number of hydrogen-bond acceptors (Lipinski definition) is 5. The fourth-order valence-electron chi connectivity index (χ4n) is 3.55. The molecule has 7 heteroatoms. The molecule has 1 saturated carbocycles. The van der Waals surface area contributed by atoms with E-state index in [-0.39, 0.29) is 0 Å². The molecule has 0 amide bonds. The Labute approximate surface area is 155 Å². The number of rotatable bonds is 4. The van der Waals surface area contributed by atoms with Crippen molar-refractivity contribution in [3.63, 3.8) is 0 Å². The Balaban J connectivity index is 1.41. The predicted octanol–water partition coefficient (Wildman–Crippen LogP) is 3.67. The average Bonchev–Trinajstić information content (AvgIpc) is 3.10. The van der Waals surface area contributed by atoms with Crippen molar-refractivity contribution < 1.29 is 0 Å². The zero-order chi connectivity index (χ0) is 17.8. The molecule has 0 saturated heterocycles. The molecule has 0 unspecified atom stereocenters. The van der Waals surface area contributed by atoms with Crippen molar-refractivity contribution in [2.45, 2.75) is 25.3 Å². The highest BCUT2D eigenvalue weighted by atomic mass is 15.2. The standard InChI is InChI=1S/C20H17N7/c1-2-12(1)16-8-18(26-25-16)24-19-20-22-5-6-27(20)11-17(23-19)13-3-4-14-9-21-10-15(14)7-13/h3-9,11-12H,1-2,10H2,(H2,23,24,25,26). The SMILES string of the molecule is C1=NCc2cc(-c3cn4ccnc4c(Nc4cc(C5CC5)[nH]n4)n3)ccc21. The molecule has 1 aliphatic heterocycles. The number of benzene rings is 1. The fourth-order valence-corrected chi connectivity index (χ4v) is 3.55. The molecule has 1 fully saturated rings. The largest absolute Gasteiger partial charge is 0.320 e. The molecular weight excluding hydrogens is 338 g/mol. The lowest BCUT2D eigenvalue weighted by Crippen LogP contribution is -2.01. The Bertz CT molecular complexity index is 1200. The summed E-state index contributed by atoms with van der Waals surface area (Å²) in [5.41, 5.74) is 6.33. The van der Waals surface area contributed by atoms with Crippen LogP contribution in [0.1, 0.15) is 35.6 Å². The lowest BCUT2D eigenvalue weighted by molar-refractivity contribution is 0.966. The molecule has 0 radical (unpaired) electrons. The maximum absolute atomic E-state index is 4.84. The number of imidazole rings is 1. The van der Waals surface area contributed by atoms with Crippen LogP contribution in [0, 0.1) is 0 Å². The van der Waals surface area contributed by atoms with E-state index >= 15 is 0 Å². The van der Waals surface area contributed by atoms with E-state index in [0.717, 1.165) is 29.3 Å². The number of fused-ring (bicyclic) bond motifs is 2. The number of hydrogen-bond donors (Lipinski definition) is 2. The molecule has 6 rings (SSSR count). The maximum atomic E-state index is 4.84. The van der Waals surface area contributed by atoms with Gasteiger partial charge in [-0.2, -0.15) is 5.10 Å². The minimum Gasteiger partial charge on any atom is -0.320 e. The highest BCUT2D eigenvalue weighted by Gasteiger charge is 2.25. The summed E-state index contributed by atoms with van der Waals surface area (Å²) in [5, 5.41) is 10.8. The van der Waals surface area contributed by atoms with Gasteiger partial charge in [-0.3, -0.25) is 10.1 Å². The molecule has 2 N–H and O–H groups in total. The van der Waals surface area contributed by atoms with Gasteiger partial charge in [0.1, 0.15) is 0 Å². The van der Waals surface area contributed by atoms with Gasteiger partial charge >= 0.3 is 0 Å². The fraction of sp³-hybridized carbons (Fsp3) is 0.200. The van der Waals surface area contributed by atoms with Crippen molar-refractivity contribution in [2.24, 2.45) is 4.99 Å². The third-order valence-corrected chi connectivity index (χ3v) is 5.17. The van der Waals surface area contributed by atoms with E-state index in [1.807, 2.05) is 23.0 Å². The molecule has 4 heterocycles. The van der Waals surface area contributed by atoms with Crippen molar-refractivity contribution in [2.75, 3.05) is 5.32 Å². The molecule has 0 bridgehead atoms. The molecule has 7 nitrogen and oxygen atoms in total. The number of aromatic amines is 1. The first-order valence-corrected chi connectivity index (χ1v) is 9.13. The Morgan fingerprint density at radius 3 is 3.07 bits per heavy atom. The summed E-state index contributed by atoms with van der Waals surface area (Å²) in [5.74, 6) is 2.10. The Morgan fingerprint density at radius 1 is 1.19 bits per heavy atom. The third kappa shape index (κ3) is 2.51. The van der Waals surface area contributed by atoms with Crippen molar-refractivity contribution in [1.29, 1.82) is 0 Å². The van der Waals surface area contributed by atoms with Crippen LogP contribution >= 0.6 is 0 Å². The summed E-state index contributed by atoms with van der Waals surface area (Å²) in [6.07, 6.45) is 10.1. The normalized spacial score (nSPS) is 15.4. The predicted molar refractivity (Wildman–Crippen MR) is 104 cm³/mol. The molecule has 1 aromatic carbocycles. The zero-order valence-corrected chi connectivity index (χ0v) is 14.6. The van der Waals surface area contributed by atoms with Gasteiger partial charge in [0, 0.05) is 48.0 Å². The van der Waals surface area contributed by atoms with Crippen molar-refractivity contribution >= 4 is 23.5 Å². The van der Waals surface area contributed by atoms with E-state index in [0.29, 0.717) is 11.7 Å². The number of nitrogens with zero attached hydrogens (tertiary/aromatic N) is 5. The first-order valence-electron chi connectivity index (χ1n) is 9.13. The van der Waals surface area contributed by atoms with E-state index in [9.17, 15) is 0 Å². The van der Waals surface area contributed by atoms with Crippen LogP contribution < -0.4 is 5.32 Å². The zero-order valence-electron chi connectivity index (χ0n) is 14.6. The van der Waals surface area contributed by atoms with Gasteiger partial charge in [-0.05, 0) is 30.0 Å². The van der Waals surface area contributed by atoms with Gasteiger partial charge < -0.3 is 9.72 Å². The molecule has 3 aromatic heterocycles. The quantitative estimate of drug-likeness (QED) is 0.585. The second-order valence-corrected chi connectivity index (χ2v) is 7.12. The van der Waals surface area contributed by atoms with Crippen LogP contribution in [0.5, 0.6) is 0 Å². The van der Waals surface area contributed by atoms with Crippen LogP contribution in [0.25, 0.3) is 16.9 Å². The Kier molecular flexibility index (Phi) is 2.99. The Hall–Kier alpha value is -3.48. The molecular formula is C20H17N7. The van der Waals surface area contributed by atoms with E-state index in [4.69, 9.17) is 4.98 Å². The smallest absolute Gasteiger partial charge is 0.180 e. The molecule has 0 spiro atoms. The van der Waals surface area contributed by atoms with Crippen LogP contribution in [0.3, 0.4) is 0 Å². The summed E-state index contributed by atoms with van der Waals surface area (Å²) in [6.45, 7) is 0.735. The second kappa shape index (κ2) is 5.51. The highest BCUT2D eigenvalue weighted by molar-refractivity contribution is 5.86. The Morgan fingerprint density at radius 2 is 2.15 bits per heavy atom. The van der Waals surface area contributed by atoms with E-state index in [2.05, 4.69) is 49.8 Å². The third-order valence-electron chi connectivity index (χ3n) is 5.17. The second-order valence-electron chi connectivity index (χ2n) is 7.12. The average molecular weight is 355 g/mol. The van der Waals surface area contributed by atoms with E-state index in [1.54, 1.807) is 6.20 Å². The number of anilines is 2. The molecule has 132 valence electrons. The molecule has 2 aliphatic rings. The first kappa shape index (κ1) is 14.7. The van der Waals surface area contributed by atoms with Gasteiger partial charge in [-0.15, -0.1) is 0 Å². The van der Waals surface area contributed by atoms with Gasteiger partial charge in [-0.1, -0.05) is 12.1 Å². The van der Waals surface area contributed by atoms with Crippen LogP contribution in [0.2, 0.25) is 0 Å². The van der Waals surface area contributed by atoms with Crippen LogP contribution in [-0.2, 0) is 6.54 Å². The van der Waals surface area contributed by atoms with Crippen LogP contribution in [0.4, 0.5) is 11.6 Å². The summed E-state index contributed by atoms with van der Waals surface area (Å²) < 4.78 is 1.99. The minimum absolute atomic E-state index is 0.632. The molecule has 27 heavy (non-hydrogen) atoms. The van der Waals surface area contributed by atoms with Gasteiger partial charge in [0.2, 0.25) is 0 Å². The van der Waals surface area contributed by atoms with Crippen LogP contribution in [-0.4, -0.2) is 30.8 Å². The van der Waals surface area contributed by atoms with E-state index in [1.165, 1.54) is 29.7 Å². The number of aliphatic imine (C=N–C) groups is 1. The molecule has 4 aromatic rings. The van der Waals surface area contributed by atoms with Gasteiger partial charge in [0.05, 0.1) is 12.2 Å². The highest BCUT2D eigenvalue weighted by Crippen LogP contribution is 2.39. The van der Waals surface area contributed by atoms with E-state index < -0.39 is 0 Å². The monoisotopic (exact) mass is 355 g/mol.